The summed E-state index contributed by atoms with van der Waals surface area (Å²) in [4.78, 5) is 0. The highest BCUT2D eigenvalue weighted by Gasteiger charge is 1.56. The summed E-state index contributed by atoms with van der Waals surface area (Å²) in [6.07, 6.45) is 4.87. The summed E-state index contributed by atoms with van der Waals surface area (Å²) in [5, 5.41) is 0. The van der Waals surface area contributed by atoms with Crippen molar-refractivity contribution in [3.8, 4) is 83.4 Å². The van der Waals surface area contributed by atoms with E-state index in [0.29, 0.717) is 0 Å². The topological polar surface area (TPSA) is 0 Å². The highest BCUT2D eigenvalue weighted by Crippen LogP contribution is 1.56. The molecule has 0 nitrogen and oxygen atoms in total. The van der Waals surface area contributed by atoms with Gasteiger partial charge in [0.1, 0.15) is 0 Å². The van der Waals surface area contributed by atoms with Gasteiger partial charge in [-0.25, -0.2) is 0 Å². The molecule has 0 amide bonds. The van der Waals surface area contributed by atoms with Gasteiger partial charge in [-0.3, -0.25) is 0 Å². The Labute approximate surface area is 90.8 Å². The fourth-order valence-corrected chi connectivity index (χ4v) is 0.380. The van der Waals surface area contributed by atoms with Crippen LogP contribution in [0.5, 0.6) is 0 Å². The van der Waals surface area contributed by atoms with Crippen molar-refractivity contribution in [1.29, 1.82) is 0 Å². The minimum absolute atomic E-state index is 1.70. The zero-order chi connectivity index (χ0) is 11.2. The molecular formula is C15H4. The minimum atomic E-state index is 1.70. The summed E-state index contributed by atoms with van der Waals surface area (Å²) in [7, 11) is 0. The molecule has 0 fully saturated rings. The first-order valence-corrected chi connectivity index (χ1v) is 3.79. The van der Waals surface area contributed by atoms with E-state index in [-0.39, 0.29) is 0 Å². The fraction of sp³-hybridized carbons (Fsp3) is 0.0667. The lowest BCUT2D eigenvalue weighted by molar-refractivity contribution is 1.92. The Morgan fingerprint density at radius 1 is 0.533 bits per heavy atom. The first-order valence-electron chi connectivity index (χ1n) is 3.79. The summed E-state index contributed by atoms with van der Waals surface area (Å²) in [6, 6.07) is 0. The van der Waals surface area contributed by atoms with Gasteiger partial charge in [-0.2, -0.15) is 0 Å². The third-order valence-electron chi connectivity index (χ3n) is 0.822. The van der Waals surface area contributed by atoms with Gasteiger partial charge in [-0.15, -0.1) is 6.42 Å². The Bertz CT molecular complexity index is 614. The molecule has 0 heteroatoms. The largest absolute Gasteiger partial charge is 0.106 e. The van der Waals surface area contributed by atoms with Crippen molar-refractivity contribution in [1.82, 2.24) is 0 Å². The van der Waals surface area contributed by atoms with Crippen molar-refractivity contribution in [3.05, 3.63) is 0 Å². The molecule has 0 aliphatic heterocycles. The molecule has 0 bridgehead atoms. The number of rotatable bonds is 0. The van der Waals surface area contributed by atoms with Gasteiger partial charge in [0.25, 0.3) is 0 Å². The van der Waals surface area contributed by atoms with Crippen LogP contribution in [0.15, 0.2) is 0 Å². The molecule has 0 rings (SSSR count). The van der Waals surface area contributed by atoms with Gasteiger partial charge >= 0.3 is 0 Å². The fourth-order valence-electron chi connectivity index (χ4n) is 0.380. The molecule has 0 aromatic rings. The van der Waals surface area contributed by atoms with Crippen molar-refractivity contribution < 1.29 is 0 Å². The number of hydrogen-bond acceptors (Lipinski definition) is 0. The van der Waals surface area contributed by atoms with E-state index in [0.717, 1.165) is 0 Å². The molecule has 0 spiro atoms. The SMILES string of the molecule is C#CC#CC#CC#CC#CC#CC#CC. The molecule has 0 saturated heterocycles. The summed E-state index contributed by atoms with van der Waals surface area (Å²) >= 11 is 0. The molecule has 0 unspecified atom stereocenters. The lowest BCUT2D eigenvalue weighted by Gasteiger charge is -1.55. The molecular weight excluding hydrogens is 180 g/mol. The van der Waals surface area contributed by atoms with Gasteiger partial charge in [0, 0.05) is 0 Å². The van der Waals surface area contributed by atoms with Crippen LogP contribution >= 0.6 is 0 Å². The molecule has 64 valence electrons. The minimum Gasteiger partial charge on any atom is -0.106 e. The second kappa shape index (κ2) is 10.9. The second-order valence-corrected chi connectivity index (χ2v) is 1.77. The van der Waals surface area contributed by atoms with Crippen LogP contribution in [0, 0.1) is 83.4 Å². The maximum Gasteiger partial charge on any atom is -0.0000000000144 e. The van der Waals surface area contributed by atoms with Gasteiger partial charge in [0.15, 0.2) is 0 Å². The maximum absolute atomic E-state index is 4.87. The van der Waals surface area contributed by atoms with Crippen molar-refractivity contribution in [3.63, 3.8) is 0 Å². The van der Waals surface area contributed by atoms with Crippen LogP contribution in [0.3, 0.4) is 0 Å². The number of hydrogen-bond donors (Lipinski definition) is 0. The summed E-state index contributed by atoms with van der Waals surface area (Å²) in [5.41, 5.74) is 0. The van der Waals surface area contributed by atoms with E-state index < -0.39 is 0 Å². The van der Waals surface area contributed by atoms with Crippen LogP contribution in [0.4, 0.5) is 0 Å². The van der Waals surface area contributed by atoms with Gasteiger partial charge < -0.3 is 0 Å². The lowest BCUT2D eigenvalue weighted by atomic mass is 10.5. The quantitative estimate of drug-likeness (QED) is 0.485. The zero-order valence-corrected chi connectivity index (χ0v) is 8.08. The van der Waals surface area contributed by atoms with E-state index in [4.69, 9.17) is 6.42 Å². The Morgan fingerprint density at radius 2 is 0.867 bits per heavy atom. The molecule has 0 aromatic carbocycles. The highest BCUT2D eigenvalue weighted by atomic mass is 13.6. The molecule has 0 radical (unpaired) electrons. The summed E-state index contributed by atoms with van der Waals surface area (Å²) in [6.45, 7) is 1.70. The van der Waals surface area contributed by atoms with E-state index in [9.17, 15) is 0 Å². The predicted octanol–water partition coefficient (Wildman–Crippen LogP) is 0.660. The Balaban J connectivity index is 4.21. The van der Waals surface area contributed by atoms with Crippen LogP contribution in [-0.4, -0.2) is 0 Å². The Morgan fingerprint density at radius 3 is 1.20 bits per heavy atom. The Kier molecular flexibility index (Phi) is 8.68. The highest BCUT2D eigenvalue weighted by molar-refractivity contribution is 5.44. The van der Waals surface area contributed by atoms with Crippen molar-refractivity contribution in [2.24, 2.45) is 0 Å². The van der Waals surface area contributed by atoms with Crippen LogP contribution in [0.25, 0.3) is 0 Å². The smallest absolute Gasteiger partial charge is 0.0000000000144 e. The standard InChI is InChI=1S/C15H4/c1-3-5-7-9-11-13-15-14-12-10-8-6-4-2/h1H,2H3. The molecule has 0 aromatic heterocycles. The molecule has 0 aliphatic carbocycles. The second-order valence-electron chi connectivity index (χ2n) is 1.77. The zero-order valence-electron chi connectivity index (χ0n) is 8.08. The van der Waals surface area contributed by atoms with Gasteiger partial charge in [0.05, 0.1) is 0 Å². The molecule has 0 atom stereocenters. The van der Waals surface area contributed by atoms with Crippen LogP contribution in [0.1, 0.15) is 6.92 Å². The average molecular weight is 184 g/mol. The van der Waals surface area contributed by atoms with Crippen LogP contribution < -0.4 is 0 Å². The van der Waals surface area contributed by atoms with Crippen LogP contribution in [0.2, 0.25) is 0 Å². The third kappa shape index (κ3) is 10.9. The lowest BCUT2D eigenvalue weighted by Crippen LogP contribution is -1.55. The van der Waals surface area contributed by atoms with E-state index in [2.05, 4.69) is 77.0 Å². The summed E-state index contributed by atoms with van der Waals surface area (Å²) in [5.74, 6) is 31.9. The van der Waals surface area contributed by atoms with Gasteiger partial charge in [0.2, 0.25) is 0 Å². The van der Waals surface area contributed by atoms with E-state index in [1.54, 1.807) is 6.92 Å². The molecule has 0 heterocycles. The van der Waals surface area contributed by atoms with Crippen LogP contribution in [-0.2, 0) is 0 Å². The first kappa shape index (κ1) is 11.9. The monoisotopic (exact) mass is 184 g/mol. The van der Waals surface area contributed by atoms with Gasteiger partial charge in [-0.05, 0) is 78.0 Å². The number of terminal acetylenes is 1. The van der Waals surface area contributed by atoms with Crippen molar-refractivity contribution in [2.75, 3.05) is 0 Å². The van der Waals surface area contributed by atoms with E-state index >= 15 is 0 Å². The van der Waals surface area contributed by atoms with Crippen molar-refractivity contribution in [2.45, 2.75) is 6.92 Å². The van der Waals surface area contributed by atoms with Crippen molar-refractivity contribution >= 4 is 0 Å². The molecule has 0 saturated carbocycles. The van der Waals surface area contributed by atoms with Gasteiger partial charge in [-0.1, -0.05) is 5.92 Å². The molecule has 0 N–H and O–H groups in total. The normalized spacial score (nSPS) is 3.73. The summed E-state index contributed by atoms with van der Waals surface area (Å²) < 4.78 is 0. The van der Waals surface area contributed by atoms with E-state index in [1.807, 2.05) is 0 Å². The first-order chi connectivity index (χ1) is 7.41. The third-order valence-corrected chi connectivity index (χ3v) is 0.822. The Hall–Kier alpha value is -3.08. The molecule has 0 aliphatic rings. The average Bonchev–Trinajstić information content (AvgIpc) is 2.26. The predicted molar refractivity (Wildman–Crippen MR) is 61.2 cm³/mol. The van der Waals surface area contributed by atoms with E-state index in [1.165, 1.54) is 0 Å². The molecule has 15 heavy (non-hydrogen) atoms. The maximum atomic E-state index is 4.87.